The van der Waals surface area contributed by atoms with Crippen LogP contribution in [0, 0.1) is 5.92 Å². The van der Waals surface area contributed by atoms with Gasteiger partial charge in [0.15, 0.2) is 11.4 Å². The summed E-state index contributed by atoms with van der Waals surface area (Å²) in [5.74, 6) is -3.32. The molecule has 0 bridgehead atoms. The number of hydrogen-bond acceptors (Lipinski definition) is 12. The molecule has 2 saturated heterocycles. The third kappa shape index (κ3) is 6.97. The van der Waals surface area contributed by atoms with Crippen molar-refractivity contribution in [1.29, 1.82) is 0 Å². The summed E-state index contributed by atoms with van der Waals surface area (Å²) >= 11 is 0. The number of fused-ring (bicyclic) bond motifs is 3. The van der Waals surface area contributed by atoms with E-state index in [1.165, 1.54) is 21.0 Å². The number of ether oxygens (including phenoxy) is 5. The molecule has 232 valence electrons. The number of alkyl carbamates (subject to hydrolysis) is 1. The number of rotatable bonds is 9. The largest absolute Gasteiger partial charge is 0.512 e. The van der Waals surface area contributed by atoms with Crippen LogP contribution in [0.2, 0.25) is 0 Å². The maximum absolute atomic E-state index is 13.4. The standard InChI is InChI=1S/C27H36N2O12S/c1-14(28-25(33)37-12-15-7-9-16(36-5)10-8-15)23(31)29-22-20-19(17(30)11-18-21(20)40-26(2,3)39-18)24(32)41-27(22,4)13-38-42(6,34)35/h7-10,14,18,20-22,30H,11-13H2,1-6H3,(H,28,33)(H,29,31)/t14?,18-,20+,21+,22-,27-/m1/s1. The van der Waals surface area contributed by atoms with E-state index in [1.54, 1.807) is 38.1 Å². The van der Waals surface area contributed by atoms with Gasteiger partial charge in [0.05, 0.1) is 37.2 Å². The smallest absolute Gasteiger partial charge is 0.408 e. The van der Waals surface area contributed by atoms with Crippen molar-refractivity contribution in [3.63, 3.8) is 0 Å². The lowest BCUT2D eigenvalue weighted by atomic mass is 9.70. The van der Waals surface area contributed by atoms with E-state index in [0.717, 1.165) is 6.26 Å². The van der Waals surface area contributed by atoms with Gasteiger partial charge < -0.3 is 39.4 Å². The Hall–Kier alpha value is -3.40. The second-order valence-electron chi connectivity index (χ2n) is 11.2. The van der Waals surface area contributed by atoms with Crippen LogP contribution in [0.3, 0.4) is 0 Å². The molecule has 0 aromatic heterocycles. The summed E-state index contributed by atoms with van der Waals surface area (Å²) in [5.41, 5.74) is -1.14. The Kier molecular flexibility index (Phi) is 8.79. The third-order valence-electron chi connectivity index (χ3n) is 7.29. The summed E-state index contributed by atoms with van der Waals surface area (Å²) in [6.07, 6.45) is -1.52. The Morgan fingerprint density at radius 3 is 2.45 bits per heavy atom. The summed E-state index contributed by atoms with van der Waals surface area (Å²) in [5, 5.41) is 16.0. The van der Waals surface area contributed by atoms with Crippen LogP contribution in [0.5, 0.6) is 5.75 Å². The van der Waals surface area contributed by atoms with E-state index >= 15 is 0 Å². The monoisotopic (exact) mass is 612 g/mol. The molecule has 15 heteroatoms. The number of amides is 2. The van der Waals surface area contributed by atoms with Crippen molar-refractivity contribution in [2.75, 3.05) is 20.0 Å². The molecule has 0 spiro atoms. The molecular weight excluding hydrogens is 576 g/mol. The van der Waals surface area contributed by atoms with Crippen LogP contribution in [0.1, 0.15) is 39.7 Å². The second-order valence-corrected chi connectivity index (χ2v) is 12.8. The van der Waals surface area contributed by atoms with E-state index in [4.69, 9.17) is 27.9 Å². The molecule has 2 aliphatic heterocycles. The number of esters is 1. The first-order valence-corrected chi connectivity index (χ1v) is 15.1. The van der Waals surface area contributed by atoms with Crippen LogP contribution in [0.4, 0.5) is 4.79 Å². The van der Waals surface area contributed by atoms with E-state index in [2.05, 4.69) is 10.6 Å². The first-order chi connectivity index (χ1) is 19.5. The summed E-state index contributed by atoms with van der Waals surface area (Å²) in [6.45, 7) is 5.47. The van der Waals surface area contributed by atoms with Gasteiger partial charge >= 0.3 is 12.1 Å². The molecule has 6 atom stereocenters. The zero-order chi connectivity index (χ0) is 31.0. The van der Waals surface area contributed by atoms with Crippen molar-refractivity contribution in [3.8, 4) is 5.75 Å². The summed E-state index contributed by atoms with van der Waals surface area (Å²) in [6, 6.07) is 4.57. The number of methoxy groups -OCH3 is 1. The number of benzene rings is 1. The lowest BCUT2D eigenvalue weighted by Gasteiger charge is -2.49. The quantitative estimate of drug-likeness (QED) is 0.270. The maximum atomic E-state index is 13.4. The van der Waals surface area contributed by atoms with E-state index in [-0.39, 0.29) is 24.4 Å². The number of carbonyl (C=O) groups excluding carboxylic acids is 3. The number of aliphatic hydroxyl groups excluding tert-OH is 1. The molecule has 14 nitrogen and oxygen atoms in total. The first kappa shape index (κ1) is 31.5. The molecule has 2 amide bonds. The van der Waals surface area contributed by atoms with Crippen molar-refractivity contribution in [1.82, 2.24) is 10.6 Å². The van der Waals surface area contributed by atoms with Gasteiger partial charge in [0.25, 0.3) is 10.1 Å². The van der Waals surface area contributed by atoms with Crippen LogP contribution in [0.15, 0.2) is 35.6 Å². The highest BCUT2D eigenvalue weighted by Gasteiger charge is 2.61. The molecule has 1 aromatic rings. The Morgan fingerprint density at radius 2 is 1.83 bits per heavy atom. The number of nitrogens with one attached hydrogen (secondary N) is 2. The lowest BCUT2D eigenvalue weighted by Crippen LogP contribution is -2.68. The van der Waals surface area contributed by atoms with E-state index in [0.29, 0.717) is 11.3 Å². The summed E-state index contributed by atoms with van der Waals surface area (Å²) < 4.78 is 56.6. The molecule has 42 heavy (non-hydrogen) atoms. The highest BCUT2D eigenvalue weighted by molar-refractivity contribution is 7.85. The molecule has 2 fully saturated rings. The van der Waals surface area contributed by atoms with Crippen molar-refractivity contribution in [3.05, 3.63) is 41.2 Å². The summed E-state index contributed by atoms with van der Waals surface area (Å²) in [7, 11) is -2.44. The Balaban J connectivity index is 1.54. The van der Waals surface area contributed by atoms with Crippen molar-refractivity contribution in [2.45, 2.75) is 76.4 Å². The van der Waals surface area contributed by atoms with Crippen LogP contribution in [0.25, 0.3) is 0 Å². The van der Waals surface area contributed by atoms with Gasteiger partial charge in [-0.05, 0) is 45.4 Å². The summed E-state index contributed by atoms with van der Waals surface area (Å²) in [4.78, 5) is 39.0. The fraction of sp³-hybridized carbons (Fsp3) is 0.593. The Labute approximate surface area is 243 Å². The minimum atomic E-state index is -3.97. The SMILES string of the molecule is COc1ccc(COC(=O)NC(C)C(=O)N[C@@H]2[C@H]3C(=C(O)C[C@H]4OC(C)(C)O[C@H]34)C(=O)O[C@]2(C)COS(C)(=O)=O)cc1. The average Bonchev–Trinajstić information content (AvgIpc) is 3.21. The fourth-order valence-corrected chi connectivity index (χ4v) is 5.77. The topological polar surface area (TPSA) is 185 Å². The average molecular weight is 613 g/mol. The van der Waals surface area contributed by atoms with Crippen LogP contribution < -0.4 is 15.4 Å². The van der Waals surface area contributed by atoms with E-state index < -0.39 is 76.3 Å². The second kappa shape index (κ2) is 11.7. The van der Waals surface area contributed by atoms with Crippen LogP contribution >= 0.6 is 0 Å². The highest BCUT2D eigenvalue weighted by Crippen LogP contribution is 2.48. The van der Waals surface area contributed by atoms with E-state index in [1.807, 2.05) is 0 Å². The van der Waals surface area contributed by atoms with Gasteiger partial charge in [-0.3, -0.25) is 8.98 Å². The number of carbonyl (C=O) groups is 3. The fourth-order valence-electron chi connectivity index (χ4n) is 5.32. The van der Waals surface area contributed by atoms with Crippen LogP contribution in [-0.4, -0.2) is 87.1 Å². The zero-order valence-electron chi connectivity index (χ0n) is 24.2. The lowest BCUT2D eigenvalue weighted by molar-refractivity contribution is -0.182. The van der Waals surface area contributed by atoms with Crippen molar-refractivity contribution < 1.29 is 55.8 Å². The molecule has 1 aromatic carbocycles. The number of aliphatic hydroxyl groups is 1. The molecule has 4 rings (SSSR count). The predicted molar refractivity (Wildman–Crippen MR) is 145 cm³/mol. The molecule has 0 radical (unpaired) electrons. The van der Waals surface area contributed by atoms with Gasteiger partial charge in [0.1, 0.15) is 30.8 Å². The van der Waals surface area contributed by atoms with Gasteiger partial charge in [-0.15, -0.1) is 0 Å². The molecule has 1 unspecified atom stereocenters. The van der Waals surface area contributed by atoms with Crippen molar-refractivity contribution in [2.24, 2.45) is 5.92 Å². The first-order valence-electron chi connectivity index (χ1n) is 13.2. The molecule has 1 aliphatic carbocycles. The molecule has 0 saturated carbocycles. The predicted octanol–water partition coefficient (Wildman–Crippen LogP) is 1.44. The highest BCUT2D eigenvalue weighted by atomic mass is 32.2. The van der Waals surface area contributed by atoms with E-state index in [9.17, 15) is 27.9 Å². The minimum Gasteiger partial charge on any atom is -0.512 e. The normalized spacial score (nSPS) is 29.0. The molecule has 3 N–H and O–H groups in total. The zero-order valence-corrected chi connectivity index (χ0v) is 25.0. The molecule has 2 heterocycles. The van der Waals surface area contributed by atoms with Crippen molar-refractivity contribution >= 4 is 28.1 Å². The molecule has 3 aliphatic rings. The van der Waals surface area contributed by atoms with Gasteiger partial charge in [-0.25, -0.2) is 9.59 Å². The van der Waals surface area contributed by atoms with Crippen LogP contribution in [-0.2, 0) is 49.4 Å². The van der Waals surface area contributed by atoms with Gasteiger partial charge in [-0.2, -0.15) is 8.42 Å². The Morgan fingerprint density at radius 1 is 1.17 bits per heavy atom. The maximum Gasteiger partial charge on any atom is 0.408 e. The minimum absolute atomic E-state index is 0.0236. The third-order valence-corrected chi connectivity index (χ3v) is 7.84. The number of cyclic esters (lactones) is 1. The molecular formula is C27H36N2O12S. The van der Waals surface area contributed by atoms with Gasteiger partial charge in [-0.1, -0.05) is 12.1 Å². The van der Waals surface area contributed by atoms with Gasteiger partial charge in [0, 0.05) is 12.3 Å². The Bertz CT molecular complexity index is 1360. The van der Waals surface area contributed by atoms with Gasteiger partial charge in [0.2, 0.25) is 5.91 Å². The number of hydrogen-bond donors (Lipinski definition) is 3.